The van der Waals surface area contributed by atoms with Gasteiger partial charge in [-0.1, -0.05) is 41.4 Å². The standard InChI is InChI=1S/C24H21Cl2F3N6S/c1-14-22(15(2)35(33-14)11-16-4-3-5-18(8-16)24(27,28)29)32-23(36)31-20-10-30-34(13-20)12-17-6-7-19(25)9-21(17)26/h3-10,13H,11-12H2,1-2H3,(H2,31,32,36). The molecule has 0 atom stereocenters. The lowest BCUT2D eigenvalue weighted by Gasteiger charge is -2.11. The molecule has 0 radical (unpaired) electrons. The van der Waals surface area contributed by atoms with Crippen molar-refractivity contribution in [2.75, 3.05) is 10.6 Å². The first-order valence-electron chi connectivity index (χ1n) is 10.7. The van der Waals surface area contributed by atoms with Crippen LogP contribution >= 0.6 is 35.4 Å². The molecule has 188 valence electrons. The molecule has 0 aliphatic rings. The Kier molecular flexibility index (Phi) is 7.58. The maximum absolute atomic E-state index is 13.0. The van der Waals surface area contributed by atoms with E-state index in [1.165, 1.54) is 6.07 Å². The third-order valence-corrected chi connectivity index (χ3v) is 6.24. The second-order valence-electron chi connectivity index (χ2n) is 8.14. The van der Waals surface area contributed by atoms with Crippen LogP contribution in [0.25, 0.3) is 0 Å². The van der Waals surface area contributed by atoms with E-state index in [0.717, 1.165) is 23.4 Å². The smallest absolute Gasteiger partial charge is 0.330 e. The van der Waals surface area contributed by atoms with Gasteiger partial charge in [0.1, 0.15) is 0 Å². The molecule has 2 aromatic heterocycles. The fourth-order valence-electron chi connectivity index (χ4n) is 3.67. The molecule has 0 amide bonds. The summed E-state index contributed by atoms with van der Waals surface area (Å²) >= 11 is 17.6. The highest BCUT2D eigenvalue weighted by atomic mass is 35.5. The summed E-state index contributed by atoms with van der Waals surface area (Å²) in [6, 6.07) is 10.5. The lowest BCUT2D eigenvalue weighted by molar-refractivity contribution is -0.137. The molecule has 0 spiro atoms. The van der Waals surface area contributed by atoms with E-state index in [4.69, 9.17) is 35.4 Å². The minimum absolute atomic E-state index is 0.193. The van der Waals surface area contributed by atoms with Crippen LogP contribution in [-0.2, 0) is 19.3 Å². The number of rotatable bonds is 6. The first-order chi connectivity index (χ1) is 17.0. The van der Waals surface area contributed by atoms with Gasteiger partial charge in [-0.3, -0.25) is 9.36 Å². The van der Waals surface area contributed by atoms with Crippen molar-refractivity contribution in [3.63, 3.8) is 0 Å². The number of benzene rings is 2. The van der Waals surface area contributed by atoms with Crippen LogP contribution in [0.2, 0.25) is 10.0 Å². The zero-order valence-corrected chi connectivity index (χ0v) is 21.5. The number of anilines is 2. The monoisotopic (exact) mass is 552 g/mol. The highest BCUT2D eigenvalue weighted by molar-refractivity contribution is 7.80. The Morgan fingerprint density at radius 2 is 1.83 bits per heavy atom. The highest BCUT2D eigenvalue weighted by Gasteiger charge is 2.30. The number of thiocarbonyl (C=S) groups is 1. The van der Waals surface area contributed by atoms with Crippen molar-refractivity contribution in [2.24, 2.45) is 0 Å². The molecule has 12 heteroatoms. The van der Waals surface area contributed by atoms with Gasteiger partial charge in [-0.05, 0) is 61.5 Å². The predicted molar refractivity (Wildman–Crippen MR) is 140 cm³/mol. The van der Waals surface area contributed by atoms with Gasteiger partial charge < -0.3 is 10.6 Å². The maximum atomic E-state index is 13.0. The van der Waals surface area contributed by atoms with E-state index in [1.807, 2.05) is 13.0 Å². The van der Waals surface area contributed by atoms with E-state index >= 15 is 0 Å². The number of hydrogen-bond donors (Lipinski definition) is 2. The van der Waals surface area contributed by atoms with Crippen LogP contribution in [-0.4, -0.2) is 24.7 Å². The van der Waals surface area contributed by atoms with E-state index in [1.54, 1.807) is 46.9 Å². The zero-order valence-electron chi connectivity index (χ0n) is 19.2. The number of hydrogen-bond acceptors (Lipinski definition) is 3. The van der Waals surface area contributed by atoms with Gasteiger partial charge in [0.25, 0.3) is 0 Å². The lowest BCUT2D eigenvalue weighted by atomic mass is 10.1. The molecule has 0 bridgehead atoms. The lowest BCUT2D eigenvalue weighted by Crippen LogP contribution is -2.19. The minimum Gasteiger partial charge on any atom is -0.330 e. The number of alkyl halides is 3. The van der Waals surface area contributed by atoms with Gasteiger partial charge in [0.2, 0.25) is 0 Å². The van der Waals surface area contributed by atoms with Gasteiger partial charge in [0.05, 0.1) is 47.6 Å². The van der Waals surface area contributed by atoms with Gasteiger partial charge in [-0.15, -0.1) is 0 Å². The molecule has 2 N–H and O–H groups in total. The van der Waals surface area contributed by atoms with Gasteiger partial charge in [-0.2, -0.15) is 23.4 Å². The van der Waals surface area contributed by atoms with Crippen molar-refractivity contribution in [3.05, 3.63) is 93.0 Å². The summed E-state index contributed by atoms with van der Waals surface area (Å²) in [5.74, 6) is 0. The van der Waals surface area contributed by atoms with E-state index < -0.39 is 11.7 Å². The topological polar surface area (TPSA) is 59.7 Å². The molecule has 4 aromatic rings. The van der Waals surface area contributed by atoms with Crippen LogP contribution in [0.1, 0.15) is 28.1 Å². The first kappa shape index (κ1) is 26.0. The van der Waals surface area contributed by atoms with E-state index in [0.29, 0.717) is 44.3 Å². The Hall–Kier alpha value is -3.08. The fourth-order valence-corrected chi connectivity index (χ4v) is 4.35. The summed E-state index contributed by atoms with van der Waals surface area (Å²) in [6.07, 6.45) is -0.977. The van der Waals surface area contributed by atoms with E-state index in [-0.39, 0.29) is 6.54 Å². The van der Waals surface area contributed by atoms with Crippen LogP contribution in [0.15, 0.2) is 54.9 Å². The van der Waals surface area contributed by atoms with Crippen LogP contribution in [0.4, 0.5) is 24.5 Å². The van der Waals surface area contributed by atoms with Crippen molar-refractivity contribution in [1.82, 2.24) is 19.6 Å². The summed E-state index contributed by atoms with van der Waals surface area (Å²) < 4.78 is 42.5. The molecule has 36 heavy (non-hydrogen) atoms. The second-order valence-corrected chi connectivity index (χ2v) is 9.39. The SMILES string of the molecule is Cc1nn(Cc2cccc(C(F)(F)F)c2)c(C)c1NC(=S)Nc1cnn(Cc2ccc(Cl)cc2Cl)c1. The Morgan fingerprint density at radius 1 is 1.06 bits per heavy atom. The summed E-state index contributed by atoms with van der Waals surface area (Å²) in [4.78, 5) is 0. The van der Waals surface area contributed by atoms with Gasteiger partial charge >= 0.3 is 6.18 Å². The van der Waals surface area contributed by atoms with Crippen LogP contribution in [0.3, 0.4) is 0 Å². The van der Waals surface area contributed by atoms with Gasteiger partial charge in [-0.25, -0.2) is 0 Å². The van der Waals surface area contributed by atoms with Crippen molar-refractivity contribution in [2.45, 2.75) is 33.1 Å². The molecule has 6 nitrogen and oxygen atoms in total. The van der Waals surface area contributed by atoms with Crippen LogP contribution in [0.5, 0.6) is 0 Å². The Labute approximate surface area is 221 Å². The van der Waals surface area contributed by atoms with E-state index in [2.05, 4.69) is 20.8 Å². The van der Waals surface area contributed by atoms with Crippen molar-refractivity contribution in [1.29, 1.82) is 0 Å². The third kappa shape index (κ3) is 6.18. The first-order valence-corrected chi connectivity index (χ1v) is 11.9. The molecule has 4 rings (SSSR count). The Balaban J connectivity index is 1.41. The second kappa shape index (κ2) is 10.5. The number of nitrogens with zero attached hydrogens (tertiary/aromatic N) is 4. The summed E-state index contributed by atoms with van der Waals surface area (Å²) in [7, 11) is 0. The van der Waals surface area contributed by atoms with Crippen molar-refractivity contribution in [3.8, 4) is 0 Å². The molecule has 0 fully saturated rings. The molecule has 0 saturated heterocycles. The highest BCUT2D eigenvalue weighted by Crippen LogP contribution is 2.30. The molecule has 0 aliphatic carbocycles. The molecule has 0 aliphatic heterocycles. The average molecular weight is 553 g/mol. The molecular formula is C24H21Cl2F3N6S. The third-order valence-electron chi connectivity index (χ3n) is 5.45. The normalized spacial score (nSPS) is 11.5. The maximum Gasteiger partial charge on any atom is 0.416 e. The summed E-state index contributed by atoms with van der Waals surface area (Å²) in [5, 5.41) is 16.4. The molecule has 0 saturated carbocycles. The van der Waals surface area contributed by atoms with Crippen LogP contribution < -0.4 is 10.6 Å². The summed E-state index contributed by atoms with van der Waals surface area (Å²) in [6.45, 7) is 4.28. The number of halogens is 5. The zero-order chi connectivity index (χ0) is 26.0. The number of aryl methyl sites for hydroxylation is 1. The van der Waals surface area contributed by atoms with Crippen LogP contribution in [0, 0.1) is 13.8 Å². The fraction of sp³-hybridized carbons (Fsp3) is 0.208. The van der Waals surface area contributed by atoms with E-state index in [9.17, 15) is 13.2 Å². The molecule has 2 aromatic carbocycles. The molecular weight excluding hydrogens is 532 g/mol. The summed E-state index contributed by atoms with van der Waals surface area (Å²) in [5.41, 5.74) is 3.43. The average Bonchev–Trinajstić information content (AvgIpc) is 3.34. The number of nitrogens with one attached hydrogen (secondary N) is 2. The van der Waals surface area contributed by atoms with Gasteiger partial charge in [0, 0.05) is 16.2 Å². The van der Waals surface area contributed by atoms with Gasteiger partial charge in [0.15, 0.2) is 5.11 Å². The van der Waals surface area contributed by atoms with Crippen molar-refractivity contribution < 1.29 is 13.2 Å². The quantitative estimate of drug-likeness (QED) is 0.254. The number of aromatic nitrogens is 4. The molecule has 0 unspecified atom stereocenters. The van der Waals surface area contributed by atoms with Crippen molar-refractivity contribution >= 4 is 51.9 Å². The molecule has 2 heterocycles. The largest absolute Gasteiger partial charge is 0.416 e. The Morgan fingerprint density at radius 3 is 2.56 bits per heavy atom. The Bertz CT molecular complexity index is 1410. The predicted octanol–water partition coefficient (Wildman–Crippen LogP) is 6.93. The minimum atomic E-state index is -4.40.